The largest absolute Gasteiger partial charge is 0.478 e. The van der Waals surface area contributed by atoms with Gasteiger partial charge in [0.2, 0.25) is 0 Å². The molecule has 0 aliphatic rings. The van der Waals surface area contributed by atoms with Gasteiger partial charge >= 0.3 is 5.97 Å². The van der Waals surface area contributed by atoms with Gasteiger partial charge in [-0.05, 0) is 6.92 Å². The van der Waals surface area contributed by atoms with E-state index in [4.69, 9.17) is 16.6 Å². The van der Waals surface area contributed by atoms with Crippen LogP contribution in [0.15, 0.2) is 12.2 Å². The fourth-order valence-corrected chi connectivity index (χ4v) is 0.329. The van der Waals surface area contributed by atoms with Crippen LogP contribution in [0.25, 0.3) is 0 Å². The van der Waals surface area contributed by atoms with Gasteiger partial charge in [-0.15, -0.1) is 0 Å². The van der Waals surface area contributed by atoms with Crippen molar-refractivity contribution in [3.8, 4) is 0 Å². The number of hydrogen-bond acceptors (Lipinski definition) is 4. The highest BCUT2D eigenvalue weighted by molar-refractivity contribution is 5.84. The minimum absolute atomic E-state index is 0.176. The second kappa shape index (κ2) is 11.1. The molecule has 0 spiro atoms. The molecule has 0 unspecified atom stereocenters. The first-order valence-corrected chi connectivity index (χ1v) is 4.05. The summed E-state index contributed by atoms with van der Waals surface area (Å²) in [5, 5.41) is 10.9. The molecule has 0 bridgehead atoms. The number of carboxylic acids is 1. The highest BCUT2D eigenvalue weighted by Crippen LogP contribution is 1.81. The molecule has 78 valence electrons. The second-order valence-corrected chi connectivity index (χ2v) is 2.41. The molecule has 0 radical (unpaired) electrons. The van der Waals surface area contributed by atoms with Crippen LogP contribution in [0.5, 0.6) is 0 Å². The van der Waals surface area contributed by atoms with Gasteiger partial charge in [-0.3, -0.25) is 0 Å². The summed E-state index contributed by atoms with van der Waals surface area (Å²) in [5.74, 6) is -0.935. The lowest BCUT2D eigenvalue weighted by Gasteiger charge is -1.95. The van der Waals surface area contributed by atoms with Crippen LogP contribution in [-0.2, 0) is 4.79 Å². The van der Waals surface area contributed by atoms with E-state index in [0.29, 0.717) is 13.1 Å². The van der Waals surface area contributed by atoms with E-state index in [2.05, 4.69) is 11.9 Å². The van der Waals surface area contributed by atoms with Gasteiger partial charge in [-0.25, -0.2) is 4.79 Å². The van der Waals surface area contributed by atoms with Gasteiger partial charge in [0.25, 0.3) is 0 Å². The maximum Gasteiger partial charge on any atom is 0.330 e. The number of aliphatic carboxylic acids is 1. The van der Waals surface area contributed by atoms with Crippen molar-refractivity contribution in [2.45, 2.75) is 6.92 Å². The Kier molecular flexibility index (Phi) is 12.5. The number of nitrogens with one attached hydrogen (secondary N) is 1. The first-order chi connectivity index (χ1) is 6.06. The third-order valence-corrected chi connectivity index (χ3v) is 1.01. The molecule has 13 heavy (non-hydrogen) atoms. The lowest BCUT2D eigenvalue weighted by molar-refractivity contribution is -0.132. The molecule has 0 saturated carbocycles. The molecule has 0 atom stereocenters. The van der Waals surface area contributed by atoms with E-state index in [0.717, 1.165) is 13.1 Å². The van der Waals surface area contributed by atoms with Crippen LogP contribution in [0.4, 0.5) is 0 Å². The van der Waals surface area contributed by atoms with Crippen LogP contribution in [0, 0.1) is 0 Å². The monoisotopic (exact) mass is 189 g/mol. The van der Waals surface area contributed by atoms with Gasteiger partial charge in [0.15, 0.2) is 0 Å². The Bertz CT molecular complexity index is 132. The Morgan fingerprint density at radius 2 is 1.69 bits per heavy atom. The number of nitrogens with two attached hydrogens (primary N) is 2. The number of rotatable bonds is 5. The molecular formula is C8H19N3O2. The Morgan fingerprint density at radius 1 is 1.38 bits per heavy atom. The van der Waals surface area contributed by atoms with E-state index in [1.807, 2.05) is 0 Å². The lowest BCUT2D eigenvalue weighted by atomic mass is 10.4. The van der Waals surface area contributed by atoms with Crippen molar-refractivity contribution >= 4 is 5.97 Å². The van der Waals surface area contributed by atoms with E-state index in [1.54, 1.807) is 0 Å². The topological polar surface area (TPSA) is 101 Å². The summed E-state index contributed by atoms with van der Waals surface area (Å²) >= 11 is 0. The molecule has 5 nitrogen and oxygen atoms in total. The van der Waals surface area contributed by atoms with Gasteiger partial charge < -0.3 is 21.9 Å². The maximum atomic E-state index is 9.60. The van der Waals surface area contributed by atoms with Gasteiger partial charge in [-0.1, -0.05) is 6.58 Å². The van der Waals surface area contributed by atoms with Crippen molar-refractivity contribution in [2.24, 2.45) is 11.5 Å². The van der Waals surface area contributed by atoms with E-state index in [-0.39, 0.29) is 5.57 Å². The van der Waals surface area contributed by atoms with Crippen LogP contribution in [-0.4, -0.2) is 37.3 Å². The highest BCUT2D eigenvalue weighted by atomic mass is 16.4. The molecule has 0 aromatic carbocycles. The summed E-state index contributed by atoms with van der Waals surface area (Å²) in [7, 11) is 0. The molecule has 0 aliphatic carbocycles. The molecule has 0 rings (SSSR count). The lowest BCUT2D eigenvalue weighted by Crippen LogP contribution is -2.27. The number of carboxylic acid groups (broad SMARTS) is 1. The number of carbonyl (C=O) groups is 1. The second-order valence-electron chi connectivity index (χ2n) is 2.41. The van der Waals surface area contributed by atoms with Crippen molar-refractivity contribution in [1.29, 1.82) is 0 Å². The third kappa shape index (κ3) is 18.2. The summed E-state index contributed by atoms with van der Waals surface area (Å²) in [6.45, 7) is 7.74. The van der Waals surface area contributed by atoms with Gasteiger partial charge in [0.05, 0.1) is 0 Å². The fourth-order valence-electron chi connectivity index (χ4n) is 0.329. The van der Waals surface area contributed by atoms with Crippen molar-refractivity contribution in [2.75, 3.05) is 26.2 Å². The average molecular weight is 189 g/mol. The third-order valence-electron chi connectivity index (χ3n) is 1.01. The predicted octanol–water partition coefficient (Wildman–Crippen LogP) is -0.859. The van der Waals surface area contributed by atoms with Crippen molar-refractivity contribution < 1.29 is 9.90 Å². The molecule has 0 amide bonds. The van der Waals surface area contributed by atoms with Crippen LogP contribution in [0.3, 0.4) is 0 Å². The molecule has 0 fully saturated rings. The Balaban J connectivity index is 0. The molecule has 0 aromatic heterocycles. The summed E-state index contributed by atoms with van der Waals surface area (Å²) in [4.78, 5) is 9.60. The van der Waals surface area contributed by atoms with E-state index < -0.39 is 5.97 Å². The summed E-state index contributed by atoms with van der Waals surface area (Å²) in [5.41, 5.74) is 10.5. The zero-order valence-corrected chi connectivity index (χ0v) is 8.05. The van der Waals surface area contributed by atoms with Crippen LogP contribution >= 0.6 is 0 Å². The molecule has 0 aliphatic heterocycles. The molecule has 0 saturated heterocycles. The minimum Gasteiger partial charge on any atom is -0.478 e. The molecule has 0 aromatic rings. The molecule has 0 heterocycles. The summed E-state index contributed by atoms with van der Waals surface area (Å²) < 4.78 is 0. The summed E-state index contributed by atoms with van der Waals surface area (Å²) in [6, 6.07) is 0. The standard InChI is InChI=1S/C4H13N3.C4H6O2/c5-1-3-7-4-2-6;1-3(2)4(5)6/h7H,1-6H2;1H2,2H3,(H,5,6). The average Bonchev–Trinajstić information content (AvgIpc) is 2.06. The highest BCUT2D eigenvalue weighted by Gasteiger charge is 1.90. The first kappa shape index (κ1) is 14.6. The van der Waals surface area contributed by atoms with Crippen molar-refractivity contribution in [1.82, 2.24) is 5.32 Å². The van der Waals surface area contributed by atoms with Crippen molar-refractivity contribution in [3.63, 3.8) is 0 Å². The van der Waals surface area contributed by atoms with E-state index in [9.17, 15) is 4.79 Å². The zero-order valence-electron chi connectivity index (χ0n) is 8.05. The Hall–Kier alpha value is -0.910. The quantitative estimate of drug-likeness (QED) is 0.333. The maximum absolute atomic E-state index is 9.60. The molecular weight excluding hydrogens is 170 g/mol. The zero-order chi connectivity index (χ0) is 10.7. The van der Waals surface area contributed by atoms with Crippen LogP contribution in [0.1, 0.15) is 6.92 Å². The van der Waals surface area contributed by atoms with Gasteiger partial charge in [-0.2, -0.15) is 0 Å². The predicted molar refractivity (Wildman–Crippen MR) is 53.4 cm³/mol. The van der Waals surface area contributed by atoms with Crippen molar-refractivity contribution in [3.05, 3.63) is 12.2 Å². The molecule has 5 heteroatoms. The van der Waals surface area contributed by atoms with Crippen LogP contribution < -0.4 is 16.8 Å². The van der Waals surface area contributed by atoms with E-state index in [1.165, 1.54) is 6.92 Å². The Labute approximate surface area is 78.8 Å². The Morgan fingerprint density at radius 3 is 1.85 bits per heavy atom. The van der Waals surface area contributed by atoms with Crippen LogP contribution in [0.2, 0.25) is 0 Å². The van der Waals surface area contributed by atoms with E-state index >= 15 is 0 Å². The first-order valence-electron chi connectivity index (χ1n) is 4.05. The summed E-state index contributed by atoms with van der Waals surface area (Å²) in [6.07, 6.45) is 0. The minimum atomic E-state index is -0.935. The normalized spacial score (nSPS) is 8.54. The van der Waals surface area contributed by atoms with Gasteiger partial charge in [0, 0.05) is 31.8 Å². The number of hydrogen-bond donors (Lipinski definition) is 4. The molecule has 6 N–H and O–H groups in total. The van der Waals surface area contributed by atoms with Gasteiger partial charge in [0.1, 0.15) is 0 Å². The smallest absolute Gasteiger partial charge is 0.330 e. The fraction of sp³-hybridized carbons (Fsp3) is 0.625. The SMILES string of the molecule is C=C(C)C(=O)O.NCCNCCN.